The Bertz CT molecular complexity index is 2150. The van der Waals surface area contributed by atoms with E-state index >= 15 is 0 Å². The maximum absolute atomic E-state index is 12.7. The van der Waals surface area contributed by atoms with Crippen LogP contribution in [0.2, 0.25) is 0 Å². The van der Waals surface area contributed by atoms with Crippen molar-refractivity contribution in [3.63, 3.8) is 0 Å². The van der Waals surface area contributed by atoms with Crippen LogP contribution in [0.1, 0.15) is 82.2 Å². The topological polar surface area (TPSA) is 74.8 Å². The van der Waals surface area contributed by atoms with Crippen molar-refractivity contribution in [2.45, 2.75) is 78.0 Å². The molecule has 7 nitrogen and oxygen atoms in total. The number of aryl methyl sites for hydroxylation is 4. The number of hydrogen-bond acceptors (Lipinski definition) is 5. The van der Waals surface area contributed by atoms with Crippen molar-refractivity contribution in [3.05, 3.63) is 130 Å². The van der Waals surface area contributed by atoms with Gasteiger partial charge in [0.05, 0.1) is 38.5 Å². The molecule has 0 saturated carbocycles. The predicted octanol–water partition coefficient (Wildman–Crippen LogP) is 8.82. The van der Waals surface area contributed by atoms with Crippen LogP contribution in [-0.4, -0.2) is 41.0 Å². The summed E-state index contributed by atoms with van der Waals surface area (Å²) in [6.07, 6.45) is 9.19. The number of aromatic nitrogens is 2. The zero-order chi connectivity index (χ0) is 35.3. The van der Waals surface area contributed by atoms with Gasteiger partial charge in [0, 0.05) is 29.6 Å². The lowest BCUT2D eigenvalue weighted by molar-refractivity contribution is 0.0515. The van der Waals surface area contributed by atoms with E-state index in [1.165, 1.54) is 59.0 Å². The standard InChI is InChI=1S/C23H25NO3.C21H23NO2/c1-3-27-23(25)20-14-19-21(26-2)13-17-11-7-8-12-18(17)22(19)24(20)15-16-9-5-4-6-10-16;1-24-20-11-16-9-5-6-10-18(16)21-19(20)12-17(14-23)22(21)13-15-7-3-2-4-8-15/h4-6,9-10,13-14H,3,7-8,11-12,15H2,1-2H3;2-4,7-8,11-12,23H,5-6,9-10,13-14H2,1H3. The lowest BCUT2D eigenvalue weighted by Crippen LogP contribution is -2.14. The molecule has 0 unspecified atom stereocenters. The zero-order valence-electron chi connectivity index (χ0n) is 30.0. The molecule has 264 valence electrons. The minimum atomic E-state index is -0.281. The van der Waals surface area contributed by atoms with Crippen molar-refractivity contribution in [2.24, 2.45) is 0 Å². The molecular formula is C44H48N2O5. The van der Waals surface area contributed by atoms with Crippen molar-refractivity contribution in [1.29, 1.82) is 0 Å². The van der Waals surface area contributed by atoms with Gasteiger partial charge in [-0.05, 0) is 116 Å². The number of benzene rings is 4. The molecular weight excluding hydrogens is 636 g/mol. The number of carbonyl (C=O) groups is 1. The van der Waals surface area contributed by atoms with Gasteiger partial charge in [-0.15, -0.1) is 0 Å². The highest BCUT2D eigenvalue weighted by Crippen LogP contribution is 2.39. The number of aliphatic hydroxyl groups excluding tert-OH is 1. The first-order valence-corrected chi connectivity index (χ1v) is 18.3. The van der Waals surface area contributed by atoms with E-state index in [-0.39, 0.29) is 12.6 Å². The van der Waals surface area contributed by atoms with Gasteiger partial charge >= 0.3 is 5.97 Å². The van der Waals surface area contributed by atoms with Gasteiger partial charge in [0.2, 0.25) is 0 Å². The molecule has 2 aliphatic rings. The Morgan fingerprint density at radius 1 is 0.667 bits per heavy atom. The Kier molecular flexibility index (Phi) is 10.5. The maximum Gasteiger partial charge on any atom is 0.354 e. The molecule has 0 bridgehead atoms. The van der Waals surface area contributed by atoms with E-state index < -0.39 is 0 Å². The van der Waals surface area contributed by atoms with Crippen LogP contribution in [0.25, 0.3) is 21.8 Å². The highest BCUT2D eigenvalue weighted by Gasteiger charge is 2.25. The number of esters is 1. The molecule has 0 atom stereocenters. The third-order valence-electron chi connectivity index (χ3n) is 10.5. The Morgan fingerprint density at radius 3 is 1.67 bits per heavy atom. The Hall–Kier alpha value is -5.01. The first-order valence-electron chi connectivity index (χ1n) is 18.3. The molecule has 0 aliphatic heterocycles. The summed E-state index contributed by atoms with van der Waals surface area (Å²) < 4.78 is 21.1. The molecule has 0 spiro atoms. The number of fused-ring (bicyclic) bond motifs is 6. The number of rotatable bonds is 9. The number of hydrogen-bond donors (Lipinski definition) is 1. The van der Waals surface area contributed by atoms with Crippen LogP contribution in [0.5, 0.6) is 11.5 Å². The van der Waals surface area contributed by atoms with E-state index in [1.807, 2.05) is 37.3 Å². The fourth-order valence-corrected chi connectivity index (χ4v) is 8.09. The summed E-state index contributed by atoms with van der Waals surface area (Å²) in [5, 5.41) is 12.0. The van der Waals surface area contributed by atoms with Crippen LogP contribution < -0.4 is 9.47 Å². The lowest BCUT2D eigenvalue weighted by Gasteiger charge is -2.20. The molecule has 8 rings (SSSR count). The van der Waals surface area contributed by atoms with Crippen LogP contribution >= 0.6 is 0 Å². The number of aliphatic hydroxyl groups is 1. The first kappa shape index (κ1) is 34.4. The lowest BCUT2D eigenvalue weighted by atomic mass is 9.89. The second-order valence-corrected chi connectivity index (χ2v) is 13.6. The molecule has 0 saturated heterocycles. The average molecular weight is 685 g/mol. The smallest absolute Gasteiger partial charge is 0.354 e. The molecule has 2 aliphatic carbocycles. The number of ether oxygens (including phenoxy) is 3. The summed E-state index contributed by atoms with van der Waals surface area (Å²) in [6, 6.07) is 29.1. The van der Waals surface area contributed by atoms with Crippen molar-refractivity contribution < 1.29 is 24.1 Å². The van der Waals surface area contributed by atoms with Crippen molar-refractivity contribution >= 4 is 27.8 Å². The van der Waals surface area contributed by atoms with E-state index in [1.54, 1.807) is 14.2 Å². The summed E-state index contributed by atoms with van der Waals surface area (Å²) in [5.74, 6) is 1.48. The van der Waals surface area contributed by atoms with Crippen LogP contribution in [-0.2, 0) is 50.1 Å². The van der Waals surface area contributed by atoms with Crippen LogP contribution in [0.4, 0.5) is 0 Å². The van der Waals surface area contributed by atoms with Crippen LogP contribution in [0.3, 0.4) is 0 Å². The average Bonchev–Trinajstić information content (AvgIpc) is 3.74. The molecule has 2 aromatic heterocycles. The largest absolute Gasteiger partial charge is 0.496 e. The molecule has 0 amide bonds. The van der Waals surface area contributed by atoms with Gasteiger partial charge in [0.1, 0.15) is 17.2 Å². The summed E-state index contributed by atoms with van der Waals surface area (Å²) in [4.78, 5) is 12.7. The molecule has 51 heavy (non-hydrogen) atoms. The highest BCUT2D eigenvalue weighted by molar-refractivity contribution is 6.00. The number of nitrogens with zero attached hydrogens (tertiary/aromatic N) is 2. The second-order valence-electron chi connectivity index (χ2n) is 13.6. The molecule has 7 heteroatoms. The first-order chi connectivity index (χ1) is 25.0. The third-order valence-corrected chi connectivity index (χ3v) is 10.5. The summed E-state index contributed by atoms with van der Waals surface area (Å²) in [5.41, 5.74) is 11.9. The molecule has 6 aromatic rings. The minimum Gasteiger partial charge on any atom is -0.496 e. The molecule has 4 aromatic carbocycles. The van der Waals surface area contributed by atoms with Gasteiger partial charge in [-0.1, -0.05) is 60.7 Å². The Balaban J connectivity index is 0.000000160. The number of methoxy groups -OCH3 is 2. The van der Waals surface area contributed by atoms with Crippen LogP contribution in [0.15, 0.2) is 84.9 Å². The van der Waals surface area contributed by atoms with Crippen molar-refractivity contribution in [3.8, 4) is 11.5 Å². The third kappa shape index (κ3) is 6.87. The van der Waals surface area contributed by atoms with E-state index in [9.17, 15) is 9.90 Å². The Labute approximate surface area is 300 Å². The van der Waals surface area contributed by atoms with E-state index in [2.05, 4.69) is 63.7 Å². The van der Waals surface area contributed by atoms with Gasteiger partial charge in [-0.25, -0.2) is 4.79 Å². The molecule has 0 radical (unpaired) electrons. The zero-order valence-corrected chi connectivity index (χ0v) is 30.0. The second kappa shape index (κ2) is 15.5. The SMILES string of the molecule is CCOC(=O)c1cc2c(OC)cc3c(c2n1Cc1ccccc1)CCCC3.COc1cc2c(c3c1cc(CO)n3Cc1ccccc1)CCCC2. The fraction of sp³-hybridized carbons (Fsp3) is 0.341. The van der Waals surface area contributed by atoms with E-state index in [4.69, 9.17) is 14.2 Å². The normalized spacial score (nSPS) is 13.6. The van der Waals surface area contributed by atoms with Gasteiger partial charge in [-0.2, -0.15) is 0 Å². The van der Waals surface area contributed by atoms with Gasteiger partial charge in [-0.3, -0.25) is 0 Å². The monoisotopic (exact) mass is 684 g/mol. The van der Waals surface area contributed by atoms with Crippen LogP contribution in [0, 0.1) is 0 Å². The number of carbonyl (C=O) groups excluding carboxylic acids is 1. The van der Waals surface area contributed by atoms with Crippen molar-refractivity contribution in [1.82, 2.24) is 9.13 Å². The van der Waals surface area contributed by atoms with E-state index in [0.717, 1.165) is 71.3 Å². The quantitative estimate of drug-likeness (QED) is 0.154. The molecule has 1 N–H and O–H groups in total. The summed E-state index contributed by atoms with van der Waals surface area (Å²) >= 11 is 0. The molecule has 2 heterocycles. The maximum atomic E-state index is 12.7. The summed E-state index contributed by atoms with van der Waals surface area (Å²) in [7, 11) is 3.43. The predicted molar refractivity (Wildman–Crippen MR) is 203 cm³/mol. The molecule has 0 fully saturated rings. The van der Waals surface area contributed by atoms with Gasteiger partial charge < -0.3 is 28.5 Å². The van der Waals surface area contributed by atoms with Gasteiger partial charge in [0.15, 0.2) is 0 Å². The highest BCUT2D eigenvalue weighted by atomic mass is 16.5. The van der Waals surface area contributed by atoms with Crippen molar-refractivity contribution in [2.75, 3.05) is 20.8 Å². The Morgan fingerprint density at radius 2 is 1.16 bits per heavy atom. The minimum absolute atomic E-state index is 0.0411. The summed E-state index contributed by atoms with van der Waals surface area (Å²) in [6.45, 7) is 3.66. The van der Waals surface area contributed by atoms with Gasteiger partial charge in [0.25, 0.3) is 0 Å². The fourth-order valence-electron chi connectivity index (χ4n) is 8.09. The van der Waals surface area contributed by atoms with E-state index in [0.29, 0.717) is 18.8 Å².